The number of aryl methyl sites for hydroxylation is 2. The maximum atomic E-state index is 11.6. The van der Waals surface area contributed by atoms with Gasteiger partial charge in [-0.2, -0.15) is 4.98 Å². The minimum absolute atomic E-state index is 0.0796. The van der Waals surface area contributed by atoms with E-state index in [1.807, 2.05) is 38.1 Å². The monoisotopic (exact) mass is 336 g/mol. The van der Waals surface area contributed by atoms with Crippen LogP contribution in [0.5, 0.6) is 11.6 Å². The Balaban J connectivity index is 1.99. The summed E-state index contributed by atoms with van der Waals surface area (Å²) in [5.74, 6) is 0.427. The molecule has 7 nitrogen and oxygen atoms in total. The summed E-state index contributed by atoms with van der Waals surface area (Å²) in [6.07, 6.45) is 1.23. The molecule has 7 heteroatoms. The van der Waals surface area contributed by atoms with Gasteiger partial charge in [0, 0.05) is 5.69 Å². The number of para-hydroxylation sites is 1. The van der Waals surface area contributed by atoms with Crippen LogP contribution < -0.4 is 10.1 Å². The van der Waals surface area contributed by atoms with Gasteiger partial charge in [-0.3, -0.25) is 10.1 Å². The smallest absolute Gasteiger partial charge is 0.373 e. The normalized spacial score (nSPS) is 10.3. The molecular weight excluding hydrogens is 320 g/mol. The fraction of sp³-hybridized carbons (Fsp3) is 0.111. The third kappa shape index (κ3) is 3.89. The molecule has 1 aromatic heterocycles. The fourth-order valence-corrected chi connectivity index (χ4v) is 2.48. The molecule has 0 saturated heterocycles. The number of anilines is 2. The molecule has 0 amide bonds. The number of nitrogens with one attached hydrogen (secondary N) is 1. The van der Waals surface area contributed by atoms with Crippen molar-refractivity contribution in [2.24, 2.45) is 0 Å². The van der Waals surface area contributed by atoms with E-state index in [1.165, 1.54) is 6.33 Å². The van der Waals surface area contributed by atoms with Crippen molar-refractivity contribution in [2.45, 2.75) is 13.8 Å². The standard InChI is InChI=1S/C18H16N4O3/c1-12-8-13(2)10-14(9-12)21-17-16(22(23)24)18(20-11-19-17)25-15-6-4-3-5-7-15/h3-11H,1-2H3,(H,19,20,21). The number of aromatic nitrogens is 2. The predicted molar refractivity (Wildman–Crippen MR) is 94.4 cm³/mol. The molecule has 1 N–H and O–H groups in total. The van der Waals surface area contributed by atoms with Gasteiger partial charge in [-0.1, -0.05) is 24.3 Å². The van der Waals surface area contributed by atoms with Crippen molar-refractivity contribution in [3.63, 3.8) is 0 Å². The topological polar surface area (TPSA) is 90.2 Å². The highest BCUT2D eigenvalue weighted by Gasteiger charge is 2.25. The zero-order valence-corrected chi connectivity index (χ0v) is 13.8. The lowest BCUT2D eigenvalue weighted by atomic mass is 10.1. The molecule has 0 radical (unpaired) electrons. The van der Waals surface area contributed by atoms with E-state index < -0.39 is 4.92 Å². The summed E-state index contributed by atoms with van der Waals surface area (Å²) in [5.41, 5.74) is 2.48. The van der Waals surface area contributed by atoms with E-state index in [0.29, 0.717) is 11.4 Å². The Morgan fingerprint density at radius 3 is 2.36 bits per heavy atom. The molecule has 0 unspecified atom stereocenters. The summed E-state index contributed by atoms with van der Waals surface area (Å²) in [6.45, 7) is 3.91. The van der Waals surface area contributed by atoms with Gasteiger partial charge >= 0.3 is 11.6 Å². The number of hydrogen-bond acceptors (Lipinski definition) is 6. The first-order chi connectivity index (χ1) is 12.0. The lowest BCUT2D eigenvalue weighted by Gasteiger charge is -2.10. The van der Waals surface area contributed by atoms with E-state index in [1.54, 1.807) is 24.3 Å². The first-order valence-corrected chi connectivity index (χ1v) is 7.60. The van der Waals surface area contributed by atoms with Crippen LogP contribution >= 0.6 is 0 Å². The Morgan fingerprint density at radius 1 is 1.04 bits per heavy atom. The molecule has 0 aliphatic heterocycles. The van der Waals surface area contributed by atoms with Crippen LogP contribution in [0.4, 0.5) is 17.2 Å². The number of nitro groups is 1. The summed E-state index contributed by atoms with van der Waals surface area (Å²) >= 11 is 0. The van der Waals surface area contributed by atoms with Gasteiger partial charge in [0.1, 0.15) is 12.1 Å². The van der Waals surface area contributed by atoms with Crippen LogP contribution in [0.15, 0.2) is 54.9 Å². The third-order valence-corrected chi connectivity index (χ3v) is 3.41. The molecule has 126 valence electrons. The minimum Gasteiger partial charge on any atom is -0.434 e. The molecule has 0 bridgehead atoms. The second kappa shape index (κ2) is 6.96. The maximum Gasteiger partial charge on any atom is 0.373 e. The van der Waals surface area contributed by atoms with Crippen LogP contribution in [-0.4, -0.2) is 14.9 Å². The van der Waals surface area contributed by atoms with Crippen LogP contribution in [0.1, 0.15) is 11.1 Å². The molecule has 2 aromatic carbocycles. The van der Waals surface area contributed by atoms with E-state index in [0.717, 1.165) is 11.1 Å². The Kier molecular flexibility index (Phi) is 4.56. The van der Waals surface area contributed by atoms with Crippen molar-refractivity contribution >= 4 is 17.2 Å². The summed E-state index contributed by atoms with van der Waals surface area (Å²) in [7, 11) is 0. The van der Waals surface area contributed by atoms with Crippen molar-refractivity contribution in [1.82, 2.24) is 9.97 Å². The number of hydrogen-bond donors (Lipinski definition) is 1. The number of rotatable bonds is 5. The van der Waals surface area contributed by atoms with Gasteiger partial charge in [-0.05, 0) is 49.2 Å². The van der Waals surface area contributed by atoms with Crippen molar-refractivity contribution in [1.29, 1.82) is 0 Å². The zero-order chi connectivity index (χ0) is 17.8. The van der Waals surface area contributed by atoms with E-state index in [9.17, 15) is 10.1 Å². The molecule has 25 heavy (non-hydrogen) atoms. The van der Waals surface area contributed by atoms with Crippen molar-refractivity contribution < 1.29 is 9.66 Å². The Hall–Kier alpha value is -3.48. The Morgan fingerprint density at radius 2 is 1.72 bits per heavy atom. The maximum absolute atomic E-state index is 11.6. The average molecular weight is 336 g/mol. The molecule has 1 heterocycles. The highest BCUT2D eigenvalue weighted by Crippen LogP contribution is 2.35. The van der Waals surface area contributed by atoms with Gasteiger partial charge in [0.25, 0.3) is 0 Å². The molecule has 3 rings (SSSR count). The number of nitrogens with zero attached hydrogens (tertiary/aromatic N) is 3. The predicted octanol–water partition coefficient (Wildman–Crippen LogP) is 4.54. The molecular formula is C18H16N4O3. The molecule has 0 spiro atoms. The highest BCUT2D eigenvalue weighted by molar-refractivity contribution is 5.69. The first-order valence-electron chi connectivity index (χ1n) is 7.60. The lowest BCUT2D eigenvalue weighted by molar-refractivity contribution is -0.385. The van der Waals surface area contributed by atoms with Gasteiger partial charge < -0.3 is 10.1 Å². The summed E-state index contributed by atoms with van der Waals surface area (Å²) < 4.78 is 5.56. The van der Waals surface area contributed by atoms with Gasteiger partial charge in [0.15, 0.2) is 0 Å². The van der Waals surface area contributed by atoms with Crippen molar-refractivity contribution in [2.75, 3.05) is 5.32 Å². The molecule has 0 aliphatic rings. The molecule has 0 aliphatic carbocycles. The molecule has 0 saturated carbocycles. The van der Waals surface area contributed by atoms with Gasteiger partial charge in [0.05, 0.1) is 4.92 Å². The van der Waals surface area contributed by atoms with Crippen molar-refractivity contribution in [3.05, 3.63) is 76.1 Å². The fourth-order valence-electron chi connectivity index (χ4n) is 2.48. The zero-order valence-electron chi connectivity index (χ0n) is 13.8. The Labute approximate surface area is 144 Å². The molecule has 3 aromatic rings. The van der Waals surface area contributed by atoms with Crippen LogP contribution in [0.2, 0.25) is 0 Å². The van der Waals surface area contributed by atoms with Crippen LogP contribution in [0, 0.1) is 24.0 Å². The summed E-state index contributed by atoms with van der Waals surface area (Å²) in [4.78, 5) is 18.9. The summed E-state index contributed by atoms with van der Waals surface area (Å²) in [5, 5.41) is 14.6. The van der Waals surface area contributed by atoms with Gasteiger partial charge in [-0.15, -0.1) is 0 Å². The summed E-state index contributed by atoms with van der Waals surface area (Å²) in [6, 6.07) is 14.6. The molecule has 0 fully saturated rings. The quantitative estimate of drug-likeness (QED) is 0.543. The van der Waals surface area contributed by atoms with Crippen LogP contribution in [0.3, 0.4) is 0 Å². The van der Waals surface area contributed by atoms with Crippen LogP contribution in [-0.2, 0) is 0 Å². The number of benzene rings is 2. The lowest BCUT2D eigenvalue weighted by Crippen LogP contribution is -2.03. The van der Waals surface area contributed by atoms with Crippen molar-refractivity contribution in [3.8, 4) is 11.6 Å². The average Bonchev–Trinajstić information content (AvgIpc) is 2.54. The van der Waals surface area contributed by atoms with Gasteiger partial charge in [-0.25, -0.2) is 4.98 Å². The SMILES string of the molecule is Cc1cc(C)cc(Nc2ncnc(Oc3ccccc3)c2[N+](=O)[O-])c1. The van der Waals surface area contributed by atoms with Crippen LogP contribution in [0.25, 0.3) is 0 Å². The van der Waals surface area contributed by atoms with E-state index in [2.05, 4.69) is 15.3 Å². The molecule has 0 atom stereocenters. The van der Waals surface area contributed by atoms with Gasteiger partial charge in [0.2, 0.25) is 5.82 Å². The highest BCUT2D eigenvalue weighted by atomic mass is 16.6. The third-order valence-electron chi connectivity index (χ3n) is 3.41. The second-order valence-corrected chi connectivity index (χ2v) is 5.55. The second-order valence-electron chi connectivity index (χ2n) is 5.55. The minimum atomic E-state index is -0.552. The Bertz CT molecular complexity index is 893. The largest absolute Gasteiger partial charge is 0.434 e. The van der Waals surface area contributed by atoms with E-state index >= 15 is 0 Å². The van der Waals surface area contributed by atoms with E-state index in [-0.39, 0.29) is 17.4 Å². The van der Waals surface area contributed by atoms with E-state index in [4.69, 9.17) is 4.74 Å². The first kappa shape index (κ1) is 16.4. The number of ether oxygens (including phenoxy) is 1.